The van der Waals surface area contributed by atoms with E-state index >= 15 is 0 Å². The third kappa shape index (κ3) is 3.24. The van der Waals surface area contributed by atoms with E-state index in [-0.39, 0.29) is 0 Å². The van der Waals surface area contributed by atoms with Crippen LogP contribution in [0.5, 0.6) is 0 Å². The Kier molecular flexibility index (Phi) is 5.14. The number of hydrogen-bond donors (Lipinski definition) is 1. The number of aryl methyl sites for hydroxylation is 2. The van der Waals surface area contributed by atoms with Crippen LogP contribution >= 0.6 is 0 Å². The largest absolute Gasteiger partial charge is 0.337 e. The molecule has 0 spiro atoms. The van der Waals surface area contributed by atoms with Crippen LogP contribution in [0.2, 0.25) is 0 Å². The summed E-state index contributed by atoms with van der Waals surface area (Å²) in [5.41, 5.74) is 8.39. The Bertz CT molecular complexity index is 405. The van der Waals surface area contributed by atoms with Gasteiger partial charge in [0.15, 0.2) is 0 Å². The summed E-state index contributed by atoms with van der Waals surface area (Å²) in [6.45, 7) is 6.10. The van der Waals surface area contributed by atoms with E-state index in [1.54, 1.807) is 0 Å². The SMILES string of the molecule is CCCc1nc(N2CCCCC2CN)ncc1CC. The maximum atomic E-state index is 5.89. The van der Waals surface area contributed by atoms with Crippen molar-refractivity contribution in [1.82, 2.24) is 9.97 Å². The molecule has 4 heteroatoms. The molecule has 1 unspecified atom stereocenters. The van der Waals surface area contributed by atoms with E-state index in [0.29, 0.717) is 12.6 Å². The van der Waals surface area contributed by atoms with E-state index in [0.717, 1.165) is 31.8 Å². The molecule has 0 aromatic carbocycles. The molecule has 1 aromatic rings. The summed E-state index contributed by atoms with van der Waals surface area (Å²) in [5.74, 6) is 0.885. The molecule has 2 rings (SSSR count). The Morgan fingerprint density at radius 2 is 2.21 bits per heavy atom. The first-order valence-corrected chi connectivity index (χ1v) is 7.61. The molecule has 0 radical (unpaired) electrons. The van der Waals surface area contributed by atoms with Gasteiger partial charge in [-0.1, -0.05) is 20.3 Å². The average molecular weight is 262 g/mol. The molecular weight excluding hydrogens is 236 g/mol. The Balaban J connectivity index is 2.25. The fourth-order valence-electron chi connectivity index (χ4n) is 2.83. The fourth-order valence-corrected chi connectivity index (χ4v) is 2.83. The minimum atomic E-state index is 0.413. The van der Waals surface area contributed by atoms with Gasteiger partial charge in [-0.25, -0.2) is 9.97 Å². The van der Waals surface area contributed by atoms with Gasteiger partial charge >= 0.3 is 0 Å². The fraction of sp³-hybridized carbons (Fsp3) is 0.733. The lowest BCUT2D eigenvalue weighted by atomic mass is 10.0. The lowest BCUT2D eigenvalue weighted by Crippen LogP contribution is -2.45. The molecular formula is C15H26N4. The molecule has 1 aliphatic heterocycles. The van der Waals surface area contributed by atoms with Gasteiger partial charge in [-0.05, 0) is 37.7 Å². The zero-order valence-electron chi connectivity index (χ0n) is 12.2. The monoisotopic (exact) mass is 262 g/mol. The van der Waals surface area contributed by atoms with E-state index in [1.807, 2.05) is 6.20 Å². The Hall–Kier alpha value is -1.16. The van der Waals surface area contributed by atoms with Crippen LogP contribution in [0.25, 0.3) is 0 Å². The highest BCUT2D eigenvalue weighted by atomic mass is 15.3. The van der Waals surface area contributed by atoms with Gasteiger partial charge in [0.1, 0.15) is 0 Å². The third-order valence-corrected chi connectivity index (χ3v) is 3.97. The van der Waals surface area contributed by atoms with Crippen molar-refractivity contribution in [3.05, 3.63) is 17.5 Å². The van der Waals surface area contributed by atoms with Crippen molar-refractivity contribution >= 4 is 5.95 Å². The predicted molar refractivity (Wildman–Crippen MR) is 79.4 cm³/mol. The quantitative estimate of drug-likeness (QED) is 0.884. The van der Waals surface area contributed by atoms with Crippen molar-refractivity contribution in [2.24, 2.45) is 5.73 Å². The van der Waals surface area contributed by atoms with Crippen molar-refractivity contribution in [3.63, 3.8) is 0 Å². The molecule has 1 fully saturated rings. The van der Waals surface area contributed by atoms with Gasteiger partial charge in [-0.2, -0.15) is 0 Å². The van der Waals surface area contributed by atoms with E-state index in [1.165, 1.54) is 30.5 Å². The number of piperidine rings is 1. The topological polar surface area (TPSA) is 55.0 Å². The normalized spacial score (nSPS) is 19.7. The lowest BCUT2D eigenvalue weighted by Gasteiger charge is -2.35. The summed E-state index contributed by atoms with van der Waals surface area (Å²) in [5, 5.41) is 0. The van der Waals surface area contributed by atoms with Crippen molar-refractivity contribution in [2.45, 2.75) is 58.4 Å². The lowest BCUT2D eigenvalue weighted by molar-refractivity contribution is 0.457. The van der Waals surface area contributed by atoms with Crippen LogP contribution in [0.4, 0.5) is 5.95 Å². The Morgan fingerprint density at radius 3 is 2.89 bits per heavy atom. The molecule has 0 amide bonds. The van der Waals surface area contributed by atoms with Crippen LogP contribution in [0.15, 0.2) is 6.20 Å². The average Bonchev–Trinajstić information content (AvgIpc) is 2.47. The predicted octanol–water partition coefficient (Wildman–Crippen LogP) is 2.31. The summed E-state index contributed by atoms with van der Waals surface area (Å²) < 4.78 is 0. The molecule has 1 saturated heterocycles. The summed E-state index contributed by atoms with van der Waals surface area (Å²) in [7, 11) is 0. The van der Waals surface area contributed by atoms with Gasteiger partial charge in [0.2, 0.25) is 5.95 Å². The Labute approximate surface area is 116 Å². The molecule has 2 N–H and O–H groups in total. The highest BCUT2D eigenvalue weighted by Gasteiger charge is 2.23. The number of rotatable bonds is 5. The summed E-state index contributed by atoms with van der Waals surface area (Å²) >= 11 is 0. The van der Waals surface area contributed by atoms with E-state index in [2.05, 4.69) is 23.7 Å². The molecule has 1 aromatic heterocycles. The summed E-state index contributed by atoms with van der Waals surface area (Å²) in [4.78, 5) is 11.7. The zero-order valence-corrected chi connectivity index (χ0v) is 12.2. The second-order valence-corrected chi connectivity index (χ2v) is 5.32. The van der Waals surface area contributed by atoms with Gasteiger partial charge < -0.3 is 10.6 Å². The van der Waals surface area contributed by atoms with Crippen LogP contribution in [0, 0.1) is 0 Å². The van der Waals surface area contributed by atoms with Crippen molar-refractivity contribution in [1.29, 1.82) is 0 Å². The summed E-state index contributed by atoms with van der Waals surface area (Å²) in [6, 6.07) is 0.413. The smallest absolute Gasteiger partial charge is 0.225 e. The van der Waals surface area contributed by atoms with Gasteiger partial charge in [0.25, 0.3) is 0 Å². The molecule has 1 aliphatic rings. The second-order valence-electron chi connectivity index (χ2n) is 5.32. The van der Waals surface area contributed by atoms with Crippen LogP contribution in [-0.2, 0) is 12.8 Å². The van der Waals surface area contributed by atoms with Crippen molar-refractivity contribution in [2.75, 3.05) is 18.0 Å². The van der Waals surface area contributed by atoms with Crippen LogP contribution in [-0.4, -0.2) is 29.1 Å². The molecule has 0 aliphatic carbocycles. The van der Waals surface area contributed by atoms with Gasteiger partial charge in [0.05, 0.1) is 0 Å². The number of anilines is 1. The second kappa shape index (κ2) is 6.85. The molecule has 19 heavy (non-hydrogen) atoms. The van der Waals surface area contributed by atoms with Gasteiger partial charge in [-0.3, -0.25) is 0 Å². The van der Waals surface area contributed by atoms with Crippen molar-refractivity contribution < 1.29 is 0 Å². The molecule has 2 heterocycles. The first kappa shape index (κ1) is 14.3. The van der Waals surface area contributed by atoms with Crippen LogP contribution < -0.4 is 10.6 Å². The van der Waals surface area contributed by atoms with E-state index < -0.39 is 0 Å². The molecule has 0 bridgehead atoms. The first-order chi connectivity index (χ1) is 9.30. The minimum absolute atomic E-state index is 0.413. The molecule has 4 nitrogen and oxygen atoms in total. The maximum absolute atomic E-state index is 5.89. The first-order valence-electron chi connectivity index (χ1n) is 7.61. The maximum Gasteiger partial charge on any atom is 0.225 e. The van der Waals surface area contributed by atoms with E-state index in [9.17, 15) is 0 Å². The Morgan fingerprint density at radius 1 is 1.37 bits per heavy atom. The highest BCUT2D eigenvalue weighted by molar-refractivity contribution is 5.35. The molecule has 0 saturated carbocycles. The molecule has 106 valence electrons. The summed E-state index contributed by atoms with van der Waals surface area (Å²) in [6.07, 6.45) is 8.85. The number of hydrogen-bond acceptors (Lipinski definition) is 4. The third-order valence-electron chi connectivity index (χ3n) is 3.97. The standard InChI is InChI=1S/C15H26N4/c1-3-7-14-12(4-2)11-17-15(18-14)19-9-6-5-8-13(19)10-16/h11,13H,3-10,16H2,1-2H3. The number of nitrogens with zero attached hydrogens (tertiary/aromatic N) is 3. The number of aromatic nitrogens is 2. The number of nitrogens with two attached hydrogens (primary N) is 1. The van der Waals surface area contributed by atoms with Gasteiger partial charge in [-0.15, -0.1) is 0 Å². The van der Waals surface area contributed by atoms with Gasteiger partial charge in [0, 0.05) is 31.0 Å². The zero-order chi connectivity index (χ0) is 13.7. The van der Waals surface area contributed by atoms with Crippen LogP contribution in [0.3, 0.4) is 0 Å². The highest BCUT2D eigenvalue weighted by Crippen LogP contribution is 2.22. The minimum Gasteiger partial charge on any atom is -0.337 e. The van der Waals surface area contributed by atoms with E-state index in [4.69, 9.17) is 10.7 Å². The van der Waals surface area contributed by atoms with Crippen molar-refractivity contribution in [3.8, 4) is 0 Å². The molecule has 1 atom stereocenters. The van der Waals surface area contributed by atoms with Crippen LogP contribution in [0.1, 0.15) is 50.8 Å².